The number of non-ortho nitro benzene ring substituents is 1. The fraction of sp³-hybridized carbons (Fsp3) is 0.429. The van der Waals surface area contributed by atoms with Crippen molar-refractivity contribution in [3.8, 4) is 0 Å². The predicted molar refractivity (Wildman–Crippen MR) is 144 cm³/mol. The molecule has 1 atom stereocenters. The van der Waals surface area contributed by atoms with E-state index in [1.807, 2.05) is 26.0 Å². The Morgan fingerprint density at radius 2 is 1.95 bits per heavy atom. The van der Waals surface area contributed by atoms with Crippen molar-refractivity contribution >= 4 is 34.5 Å². The average Bonchev–Trinajstić information content (AvgIpc) is 3.28. The molecule has 196 valence electrons. The Kier molecular flexibility index (Phi) is 6.79. The number of rotatable bonds is 5. The monoisotopic (exact) mass is 523 g/mol. The number of allylic oxidation sites excluding steroid dienone is 2. The zero-order valence-corrected chi connectivity index (χ0v) is 22.9. The summed E-state index contributed by atoms with van der Waals surface area (Å²) in [6.45, 7) is 12.2. The zero-order chi connectivity index (χ0) is 27.3. The first-order chi connectivity index (χ1) is 17.2. The van der Waals surface area contributed by atoms with Gasteiger partial charge in [0.15, 0.2) is 5.78 Å². The molecule has 0 fully saturated rings. The summed E-state index contributed by atoms with van der Waals surface area (Å²) in [6, 6.07) is 10.1. The van der Waals surface area contributed by atoms with Gasteiger partial charge in [-0.3, -0.25) is 19.8 Å². The summed E-state index contributed by atoms with van der Waals surface area (Å²) in [5.74, 6) is -1.21. The highest BCUT2D eigenvalue weighted by molar-refractivity contribution is 7.12. The van der Waals surface area contributed by atoms with Crippen LogP contribution < -0.4 is 10.6 Å². The first-order valence-corrected chi connectivity index (χ1v) is 13.1. The molecule has 9 heteroatoms. The number of ketones is 1. The molecule has 1 aliphatic carbocycles. The summed E-state index contributed by atoms with van der Waals surface area (Å²) in [5.41, 5.74) is 7.98. The van der Waals surface area contributed by atoms with Gasteiger partial charge in [-0.2, -0.15) is 0 Å². The number of carbonyl (C=O) groups excluding carboxylic acids is 2. The van der Waals surface area contributed by atoms with Gasteiger partial charge in [-0.25, -0.2) is 4.79 Å². The van der Waals surface area contributed by atoms with E-state index in [4.69, 9.17) is 10.5 Å². The van der Waals surface area contributed by atoms with E-state index in [-0.39, 0.29) is 40.3 Å². The lowest BCUT2D eigenvalue weighted by molar-refractivity contribution is -0.384. The number of hydrogen-bond acceptors (Lipinski definition) is 8. The van der Waals surface area contributed by atoms with Gasteiger partial charge in [0.2, 0.25) is 0 Å². The maximum absolute atomic E-state index is 13.8. The summed E-state index contributed by atoms with van der Waals surface area (Å²) in [6.07, 6.45) is 0.834. The number of ether oxygens (including phenoxy) is 1. The summed E-state index contributed by atoms with van der Waals surface area (Å²) in [7, 11) is 0. The molecule has 2 aliphatic rings. The smallest absolute Gasteiger partial charge is 0.338 e. The third-order valence-corrected chi connectivity index (χ3v) is 8.28. The molecule has 37 heavy (non-hydrogen) atoms. The fourth-order valence-electron chi connectivity index (χ4n) is 5.05. The third kappa shape index (κ3) is 4.92. The topological polar surface area (TPSA) is 116 Å². The van der Waals surface area contributed by atoms with Crippen LogP contribution in [0.15, 0.2) is 59.1 Å². The number of anilines is 1. The number of nitrogens with two attached hydrogens (primary N) is 1. The Labute approximate surface area is 220 Å². The minimum atomic E-state index is -0.673. The second-order valence-electron chi connectivity index (χ2n) is 11.3. The largest absolute Gasteiger partial charge is 0.463 e. The number of Topliss-reactive ketones (excluding diaryl/α,β-unsaturated/α-hetero) is 1. The van der Waals surface area contributed by atoms with Crippen molar-refractivity contribution in [1.82, 2.24) is 0 Å². The highest BCUT2D eigenvalue weighted by Gasteiger charge is 2.47. The van der Waals surface area contributed by atoms with Crippen LogP contribution in [-0.2, 0) is 19.7 Å². The first-order valence-electron chi connectivity index (χ1n) is 12.3. The van der Waals surface area contributed by atoms with Gasteiger partial charge in [-0.05, 0) is 42.4 Å². The van der Waals surface area contributed by atoms with Gasteiger partial charge in [0.05, 0.1) is 28.7 Å². The molecule has 0 unspecified atom stereocenters. The van der Waals surface area contributed by atoms with Crippen molar-refractivity contribution in [2.24, 2.45) is 11.1 Å². The quantitative estimate of drug-likeness (QED) is 0.293. The Bertz CT molecular complexity index is 1350. The highest BCUT2D eigenvalue weighted by Crippen LogP contribution is 2.52. The molecule has 1 aromatic carbocycles. The molecule has 1 aromatic heterocycles. The van der Waals surface area contributed by atoms with E-state index in [2.05, 4.69) is 20.8 Å². The van der Waals surface area contributed by atoms with E-state index in [0.717, 1.165) is 9.75 Å². The molecule has 0 bridgehead atoms. The number of carbonyl (C=O) groups is 2. The maximum Gasteiger partial charge on any atom is 0.338 e. The Balaban J connectivity index is 2.02. The SMILES string of the molecule is CCOC(=O)C1=C(N)N(c2cccc([N+](=O)[O-])c2)C2=C(C(=O)CC(C)(C)C2)[C@H]1c1ccc(C(C)(C)C)s1. The lowest BCUT2D eigenvalue weighted by atomic mass is 9.69. The number of nitro benzene ring substituents is 1. The predicted octanol–water partition coefficient (Wildman–Crippen LogP) is 5.93. The van der Waals surface area contributed by atoms with Crippen molar-refractivity contribution in [3.05, 3.63) is 78.9 Å². The van der Waals surface area contributed by atoms with Crippen LogP contribution in [0.25, 0.3) is 0 Å². The lowest BCUT2D eigenvalue weighted by Crippen LogP contribution is -2.43. The zero-order valence-electron chi connectivity index (χ0n) is 22.1. The number of esters is 1. The Morgan fingerprint density at radius 1 is 1.24 bits per heavy atom. The average molecular weight is 524 g/mol. The van der Waals surface area contributed by atoms with Gasteiger partial charge in [-0.15, -0.1) is 11.3 Å². The van der Waals surface area contributed by atoms with Gasteiger partial charge in [-0.1, -0.05) is 40.7 Å². The van der Waals surface area contributed by atoms with Crippen LogP contribution in [0.5, 0.6) is 0 Å². The molecular formula is C28H33N3O5S. The normalized spacial score (nSPS) is 19.7. The number of benzene rings is 1. The maximum atomic E-state index is 13.8. The number of thiophene rings is 1. The van der Waals surface area contributed by atoms with Crippen molar-refractivity contribution < 1.29 is 19.2 Å². The van der Waals surface area contributed by atoms with Gasteiger partial charge in [0.25, 0.3) is 5.69 Å². The standard InChI is InChI=1S/C28H33N3O5S/c1-7-36-26(33)24-23(20-11-12-21(37-20)27(2,3)4)22-18(14-28(5,6)15-19(22)32)30(25(24)29)16-9-8-10-17(13-16)31(34)35/h8-13,23H,7,14-15,29H2,1-6H3/t23-/m1/s1. The van der Waals surface area contributed by atoms with E-state index in [9.17, 15) is 19.7 Å². The third-order valence-electron chi connectivity index (χ3n) is 6.71. The van der Waals surface area contributed by atoms with Crippen molar-refractivity contribution in [2.75, 3.05) is 11.5 Å². The van der Waals surface area contributed by atoms with Gasteiger partial charge in [0.1, 0.15) is 5.82 Å². The molecule has 8 nitrogen and oxygen atoms in total. The molecule has 4 rings (SSSR count). The summed E-state index contributed by atoms with van der Waals surface area (Å²) in [4.78, 5) is 41.9. The fourth-order valence-corrected chi connectivity index (χ4v) is 6.24. The molecule has 2 heterocycles. The molecule has 0 saturated carbocycles. The van der Waals surface area contributed by atoms with E-state index < -0.39 is 16.8 Å². The van der Waals surface area contributed by atoms with Crippen molar-refractivity contribution in [1.29, 1.82) is 0 Å². The van der Waals surface area contributed by atoms with Crippen LogP contribution >= 0.6 is 11.3 Å². The van der Waals surface area contributed by atoms with E-state index >= 15 is 0 Å². The van der Waals surface area contributed by atoms with Crippen LogP contribution in [0.4, 0.5) is 11.4 Å². The summed E-state index contributed by atoms with van der Waals surface area (Å²) in [5, 5.41) is 11.5. The Morgan fingerprint density at radius 3 is 2.54 bits per heavy atom. The lowest BCUT2D eigenvalue weighted by Gasteiger charge is -2.44. The number of hydrogen-bond donors (Lipinski definition) is 1. The molecule has 0 amide bonds. The molecular weight excluding hydrogens is 490 g/mol. The van der Waals surface area contributed by atoms with Crippen LogP contribution in [0.2, 0.25) is 0 Å². The minimum absolute atomic E-state index is 0.0633. The highest BCUT2D eigenvalue weighted by atomic mass is 32.1. The second kappa shape index (κ2) is 9.45. The van der Waals surface area contributed by atoms with E-state index in [1.54, 1.807) is 35.3 Å². The van der Waals surface area contributed by atoms with Gasteiger partial charge < -0.3 is 10.5 Å². The number of nitro groups is 1. The minimum Gasteiger partial charge on any atom is -0.463 e. The van der Waals surface area contributed by atoms with Crippen LogP contribution in [0, 0.1) is 15.5 Å². The molecule has 0 radical (unpaired) electrons. The van der Waals surface area contributed by atoms with Crippen molar-refractivity contribution in [2.45, 2.75) is 65.7 Å². The second-order valence-corrected chi connectivity index (χ2v) is 12.4. The molecule has 2 N–H and O–H groups in total. The molecule has 2 aromatic rings. The molecule has 1 aliphatic heterocycles. The van der Waals surface area contributed by atoms with Crippen LogP contribution in [-0.4, -0.2) is 23.3 Å². The van der Waals surface area contributed by atoms with Gasteiger partial charge in [0, 0.05) is 39.6 Å². The Hall–Kier alpha value is -3.46. The van der Waals surface area contributed by atoms with Crippen LogP contribution in [0.3, 0.4) is 0 Å². The summed E-state index contributed by atoms with van der Waals surface area (Å²) >= 11 is 1.56. The van der Waals surface area contributed by atoms with E-state index in [1.165, 1.54) is 12.1 Å². The number of nitrogens with zero attached hydrogens (tertiary/aromatic N) is 2. The first kappa shape index (κ1) is 26.6. The molecule has 0 saturated heterocycles. The van der Waals surface area contributed by atoms with Crippen molar-refractivity contribution in [3.63, 3.8) is 0 Å². The van der Waals surface area contributed by atoms with E-state index in [0.29, 0.717) is 29.8 Å². The van der Waals surface area contributed by atoms with Crippen LogP contribution in [0.1, 0.15) is 70.1 Å². The summed E-state index contributed by atoms with van der Waals surface area (Å²) < 4.78 is 5.44. The molecule has 0 spiro atoms. The van der Waals surface area contributed by atoms with Gasteiger partial charge >= 0.3 is 5.97 Å².